The number of cyclic esters (lactones) is 1. The predicted octanol–water partition coefficient (Wildman–Crippen LogP) is 4.99. The Morgan fingerprint density at radius 3 is 2.50 bits per heavy atom. The molecule has 11 nitrogen and oxygen atoms in total. The molecule has 3 fully saturated rings. The van der Waals surface area contributed by atoms with Gasteiger partial charge in [-0.15, -0.1) is 0 Å². The molecule has 1 aromatic carbocycles. The molecule has 3 N–H and O–H groups in total. The third-order valence-electron chi connectivity index (χ3n) is 9.75. The summed E-state index contributed by atoms with van der Waals surface area (Å²) in [5, 5.41) is 21.6. The molecule has 0 amide bonds. The minimum Gasteiger partial charge on any atom is -0.458 e. The Hall–Kier alpha value is -4.35. The number of anilines is 3. The van der Waals surface area contributed by atoms with Crippen LogP contribution in [0.15, 0.2) is 59.3 Å². The van der Waals surface area contributed by atoms with E-state index in [0.29, 0.717) is 40.0 Å². The van der Waals surface area contributed by atoms with Crippen molar-refractivity contribution in [3.63, 3.8) is 0 Å². The highest BCUT2D eigenvalue weighted by Gasteiger charge is 2.44. The zero-order valence-electron chi connectivity index (χ0n) is 25.2. The SMILES string of the molecule is CC1OC(=O)c2ccc(Nc3cc(N[C@H](CO)c4ccccc4)c(-c4nc(C56CCN(CC5)CC6)no4)cn3)nc2C1(C)C. The summed E-state index contributed by atoms with van der Waals surface area (Å²) in [5.74, 6) is 1.85. The molecular formula is C33H37N7O4. The third-order valence-corrected chi connectivity index (χ3v) is 9.75. The number of benzene rings is 1. The van der Waals surface area contributed by atoms with Crippen molar-refractivity contribution in [2.24, 2.45) is 0 Å². The van der Waals surface area contributed by atoms with Gasteiger partial charge in [0.05, 0.1) is 35.2 Å². The van der Waals surface area contributed by atoms with Crippen LogP contribution in [-0.4, -0.2) is 68.4 Å². The Morgan fingerprint density at radius 2 is 1.77 bits per heavy atom. The second-order valence-electron chi connectivity index (χ2n) is 12.7. The van der Waals surface area contributed by atoms with Crippen molar-refractivity contribution in [3.8, 4) is 11.5 Å². The van der Waals surface area contributed by atoms with Gasteiger partial charge in [0.15, 0.2) is 5.82 Å². The van der Waals surface area contributed by atoms with Crippen molar-refractivity contribution in [2.75, 3.05) is 36.9 Å². The molecule has 2 bridgehead atoms. The molecule has 3 aromatic heterocycles. The summed E-state index contributed by atoms with van der Waals surface area (Å²) in [6.07, 6.45) is 4.47. The molecular weight excluding hydrogens is 558 g/mol. The lowest BCUT2D eigenvalue weighted by Gasteiger charge is -2.46. The lowest BCUT2D eigenvalue weighted by Crippen LogP contribution is -2.51. The second-order valence-corrected chi connectivity index (χ2v) is 12.7. The van der Waals surface area contributed by atoms with Crippen LogP contribution in [0, 0.1) is 0 Å². The summed E-state index contributed by atoms with van der Waals surface area (Å²) < 4.78 is 11.4. The third kappa shape index (κ3) is 4.99. The zero-order valence-corrected chi connectivity index (χ0v) is 25.2. The highest BCUT2D eigenvalue weighted by Crippen LogP contribution is 2.43. The first-order valence-corrected chi connectivity index (χ1v) is 15.2. The first-order valence-electron chi connectivity index (χ1n) is 15.2. The summed E-state index contributed by atoms with van der Waals surface area (Å²) in [5.41, 5.74) is 2.89. The van der Waals surface area contributed by atoms with Gasteiger partial charge in [-0.1, -0.05) is 49.3 Å². The van der Waals surface area contributed by atoms with Gasteiger partial charge in [-0.3, -0.25) is 0 Å². The second kappa shape index (κ2) is 11.0. The van der Waals surface area contributed by atoms with Crippen LogP contribution in [0.2, 0.25) is 0 Å². The molecule has 44 heavy (non-hydrogen) atoms. The van der Waals surface area contributed by atoms with Crippen molar-refractivity contribution >= 4 is 23.3 Å². The number of carbonyl (C=O) groups excluding carboxylic acids is 1. The number of hydrogen-bond donors (Lipinski definition) is 3. The summed E-state index contributed by atoms with van der Waals surface area (Å²) in [4.78, 5) is 29.4. The number of rotatable bonds is 8. The van der Waals surface area contributed by atoms with E-state index in [2.05, 4.69) is 25.7 Å². The average Bonchev–Trinajstić information content (AvgIpc) is 3.55. The quantitative estimate of drug-likeness (QED) is 0.238. The Bertz CT molecular complexity index is 1670. The van der Waals surface area contributed by atoms with Crippen LogP contribution in [0.25, 0.3) is 11.5 Å². The van der Waals surface area contributed by atoms with Gasteiger partial charge in [0.2, 0.25) is 0 Å². The van der Waals surface area contributed by atoms with Crippen LogP contribution in [0.3, 0.4) is 0 Å². The summed E-state index contributed by atoms with van der Waals surface area (Å²) in [7, 11) is 0. The molecule has 11 heteroatoms. The molecule has 0 radical (unpaired) electrons. The van der Waals surface area contributed by atoms with Gasteiger partial charge >= 0.3 is 5.97 Å². The molecule has 4 aromatic rings. The topological polar surface area (TPSA) is 139 Å². The molecule has 4 aliphatic rings. The number of ether oxygens (including phenoxy) is 1. The summed E-state index contributed by atoms with van der Waals surface area (Å²) >= 11 is 0. The number of aromatic nitrogens is 4. The lowest BCUT2D eigenvalue weighted by atomic mass is 9.71. The van der Waals surface area contributed by atoms with Gasteiger partial charge in [-0.25, -0.2) is 14.8 Å². The van der Waals surface area contributed by atoms with Crippen molar-refractivity contribution in [2.45, 2.75) is 63.0 Å². The molecule has 1 unspecified atom stereocenters. The molecule has 2 atom stereocenters. The molecule has 0 spiro atoms. The van der Waals surface area contributed by atoms with Crippen LogP contribution >= 0.6 is 0 Å². The van der Waals surface area contributed by atoms with Gasteiger partial charge in [0.1, 0.15) is 17.7 Å². The van der Waals surface area contributed by atoms with Crippen molar-refractivity contribution in [1.29, 1.82) is 0 Å². The van der Waals surface area contributed by atoms with Gasteiger partial charge in [0, 0.05) is 23.1 Å². The van der Waals surface area contributed by atoms with E-state index >= 15 is 0 Å². The van der Waals surface area contributed by atoms with Gasteiger partial charge in [-0.05, 0) is 63.5 Å². The predicted molar refractivity (Wildman–Crippen MR) is 165 cm³/mol. The minimum absolute atomic E-state index is 0.0491. The van der Waals surface area contributed by atoms with Gasteiger partial charge in [-0.2, -0.15) is 4.98 Å². The molecule has 0 aliphatic carbocycles. The number of aliphatic hydroxyl groups excluding tert-OH is 1. The number of fused-ring (bicyclic) bond motifs is 4. The molecule has 3 saturated heterocycles. The molecule has 4 aliphatic heterocycles. The maximum Gasteiger partial charge on any atom is 0.340 e. The number of carbonyl (C=O) groups is 1. The number of hydrogen-bond acceptors (Lipinski definition) is 11. The fourth-order valence-electron chi connectivity index (χ4n) is 6.51. The monoisotopic (exact) mass is 595 g/mol. The van der Waals surface area contributed by atoms with Crippen LogP contribution < -0.4 is 10.6 Å². The normalized spacial score (nSPS) is 24.3. The first kappa shape index (κ1) is 28.4. The Morgan fingerprint density at radius 1 is 1.02 bits per heavy atom. The Kier molecular flexibility index (Phi) is 7.09. The van der Waals surface area contributed by atoms with E-state index in [1.807, 2.05) is 57.2 Å². The van der Waals surface area contributed by atoms with Crippen molar-refractivity contribution in [3.05, 3.63) is 77.4 Å². The lowest BCUT2D eigenvalue weighted by molar-refractivity contribution is 0.00864. The van der Waals surface area contributed by atoms with Crippen molar-refractivity contribution in [1.82, 2.24) is 25.0 Å². The fraction of sp³-hybridized carbons (Fsp3) is 0.424. The van der Waals surface area contributed by atoms with E-state index in [4.69, 9.17) is 19.2 Å². The van der Waals surface area contributed by atoms with Gasteiger partial charge in [0.25, 0.3) is 5.89 Å². The molecule has 8 rings (SSSR count). The van der Waals surface area contributed by atoms with E-state index in [1.54, 1.807) is 18.3 Å². The molecule has 228 valence electrons. The van der Waals surface area contributed by atoms with Gasteiger partial charge < -0.3 is 29.9 Å². The van der Waals surface area contributed by atoms with Crippen LogP contribution in [0.1, 0.15) is 73.5 Å². The molecule has 0 saturated carbocycles. The highest BCUT2D eigenvalue weighted by molar-refractivity contribution is 5.92. The number of nitrogens with one attached hydrogen (secondary N) is 2. The Balaban J connectivity index is 1.24. The number of aliphatic hydroxyl groups is 1. The number of esters is 1. The summed E-state index contributed by atoms with van der Waals surface area (Å²) in [6.45, 7) is 8.96. The fourth-order valence-corrected chi connectivity index (χ4v) is 6.51. The van der Waals surface area contributed by atoms with E-state index in [1.165, 1.54) is 0 Å². The zero-order chi connectivity index (χ0) is 30.5. The standard InChI is InChI=1S/C33H37N7O4/c1-20-32(2,3)28-22(30(42)43-20)9-10-26(37-28)36-27-17-24(35-25(19-41)21-7-5-4-6-8-21)23(18-34-27)29-38-31(39-44-29)33-11-14-40(15-12-33)16-13-33/h4-10,17-18,20,25,41H,11-16,19H2,1-3H3,(H2,34,35,36,37)/t20?,25-/m1/s1. The van der Waals surface area contributed by atoms with E-state index in [-0.39, 0.29) is 30.1 Å². The number of piperidine rings is 3. The largest absolute Gasteiger partial charge is 0.458 e. The smallest absolute Gasteiger partial charge is 0.340 e. The van der Waals surface area contributed by atoms with Crippen LogP contribution in [-0.2, 0) is 15.6 Å². The maximum absolute atomic E-state index is 12.5. The van der Waals surface area contributed by atoms with Crippen LogP contribution in [0.4, 0.5) is 17.3 Å². The van der Waals surface area contributed by atoms with E-state index in [9.17, 15) is 9.90 Å². The maximum atomic E-state index is 12.5. The number of pyridine rings is 2. The average molecular weight is 596 g/mol. The number of nitrogens with zero attached hydrogens (tertiary/aromatic N) is 5. The van der Waals surface area contributed by atoms with Crippen molar-refractivity contribution < 1.29 is 19.2 Å². The van der Waals surface area contributed by atoms with E-state index in [0.717, 1.165) is 50.3 Å². The Labute approximate surface area is 256 Å². The summed E-state index contributed by atoms with van der Waals surface area (Å²) in [6, 6.07) is 14.7. The van der Waals surface area contributed by atoms with Crippen LogP contribution in [0.5, 0.6) is 0 Å². The first-order chi connectivity index (χ1) is 21.3. The minimum atomic E-state index is -0.459. The highest BCUT2D eigenvalue weighted by atomic mass is 16.5. The molecule has 7 heterocycles. The van der Waals surface area contributed by atoms with E-state index < -0.39 is 5.41 Å².